The maximum absolute atomic E-state index is 10.7. The molecule has 0 aliphatic carbocycles. The van der Waals surface area contributed by atoms with Gasteiger partial charge in [0.1, 0.15) is 5.75 Å². The molecule has 0 aliphatic rings. The summed E-state index contributed by atoms with van der Waals surface area (Å²) in [4.78, 5) is 10.7. The fraction of sp³-hybridized carbons (Fsp3) is 0.300. The molecule has 4 nitrogen and oxygen atoms in total. The van der Waals surface area contributed by atoms with Gasteiger partial charge in [0.2, 0.25) is 0 Å². The van der Waals surface area contributed by atoms with Crippen LogP contribution in [0.5, 0.6) is 5.75 Å². The van der Waals surface area contributed by atoms with Crippen LogP contribution in [0.25, 0.3) is 0 Å². The van der Waals surface area contributed by atoms with E-state index in [1.165, 1.54) is 6.07 Å². The Morgan fingerprint density at radius 3 is 2.80 bits per heavy atom. The van der Waals surface area contributed by atoms with Gasteiger partial charge in [0.15, 0.2) is 6.10 Å². The predicted octanol–water partition coefficient (Wildman–Crippen LogP) is 2.16. The summed E-state index contributed by atoms with van der Waals surface area (Å²) in [5.74, 6) is -0.589. The number of hydrogen-bond acceptors (Lipinski definition) is 3. The van der Waals surface area contributed by atoms with Crippen molar-refractivity contribution in [2.75, 3.05) is 5.73 Å². The first kappa shape index (κ1) is 11.7. The van der Waals surface area contributed by atoms with Crippen LogP contribution in [0, 0.1) is 0 Å². The van der Waals surface area contributed by atoms with Gasteiger partial charge in [0.25, 0.3) is 0 Å². The summed E-state index contributed by atoms with van der Waals surface area (Å²) in [7, 11) is 0. The lowest BCUT2D eigenvalue weighted by molar-refractivity contribution is -0.145. The molecule has 1 aromatic carbocycles. The average molecular weight is 230 g/mol. The van der Waals surface area contributed by atoms with E-state index in [0.717, 1.165) is 0 Å². The number of carboxylic acids is 1. The molecule has 82 valence electrons. The summed E-state index contributed by atoms with van der Waals surface area (Å²) in [5.41, 5.74) is 5.95. The fourth-order valence-electron chi connectivity index (χ4n) is 1.05. The number of rotatable bonds is 4. The van der Waals surface area contributed by atoms with Crippen molar-refractivity contribution in [3.05, 3.63) is 23.2 Å². The number of nitrogen functional groups attached to an aromatic ring is 1. The minimum atomic E-state index is -0.995. The Morgan fingerprint density at radius 1 is 1.67 bits per heavy atom. The third kappa shape index (κ3) is 3.02. The zero-order chi connectivity index (χ0) is 11.4. The molecule has 1 atom stereocenters. The van der Waals surface area contributed by atoms with Crippen molar-refractivity contribution in [2.45, 2.75) is 19.4 Å². The number of anilines is 1. The maximum atomic E-state index is 10.7. The molecule has 0 radical (unpaired) electrons. The third-order valence-electron chi connectivity index (χ3n) is 1.90. The minimum absolute atomic E-state index is 0.354. The Hall–Kier alpha value is -1.42. The van der Waals surface area contributed by atoms with Crippen LogP contribution in [-0.4, -0.2) is 17.2 Å². The Kier molecular flexibility index (Phi) is 3.80. The average Bonchev–Trinajstić information content (AvgIpc) is 2.19. The number of benzene rings is 1. The van der Waals surface area contributed by atoms with Crippen molar-refractivity contribution in [1.29, 1.82) is 0 Å². The first-order valence-electron chi connectivity index (χ1n) is 4.49. The first-order valence-corrected chi connectivity index (χ1v) is 4.87. The van der Waals surface area contributed by atoms with Crippen LogP contribution < -0.4 is 10.5 Å². The molecule has 3 N–H and O–H groups in total. The molecule has 0 amide bonds. The molecule has 1 rings (SSSR count). The van der Waals surface area contributed by atoms with Crippen LogP contribution in [-0.2, 0) is 4.79 Å². The molecule has 0 heterocycles. The van der Waals surface area contributed by atoms with E-state index < -0.39 is 12.1 Å². The number of ether oxygens (including phenoxy) is 1. The van der Waals surface area contributed by atoms with Crippen molar-refractivity contribution in [1.82, 2.24) is 0 Å². The quantitative estimate of drug-likeness (QED) is 0.776. The normalized spacial score (nSPS) is 12.1. The second-order valence-corrected chi connectivity index (χ2v) is 3.44. The summed E-state index contributed by atoms with van der Waals surface area (Å²) in [6.45, 7) is 1.73. The van der Waals surface area contributed by atoms with Crippen molar-refractivity contribution < 1.29 is 14.6 Å². The molecule has 0 fully saturated rings. The van der Waals surface area contributed by atoms with Crippen LogP contribution in [0.2, 0.25) is 5.02 Å². The minimum Gasteiger partial charge on any atom is -0.479 e. The number of hydrogen-bond donors (Lipinski definition) is 2. The summed E-state index contributed by atoms with van der Waals surface area (Å²) in [6, 6.07) is 4.67. The van der Waals surface area contributed by atoms with Crippen molar-refractivity contribution >= 4 is 23.3 Å². The van der Waals surface area contributed by atoms with Gasteiger partial charge in [-0.05, 0) is 18.6 Å². The highest BCUT2D eigenvalue weighted by Gasteiger charge is 2.16. The topological polar surface area (TPSA) is 72.5 Å². The van der Waals surface area contributed by atoms with E-state index in [0.29, 0.717) is 22.9 Å². The number of aliphatic carboxylic acids is 1. The zero-order valence-corrected chi connectivity index (χ0v) is 8.99. The lowest BCUT2D eigenvalue weighted by Gasteiger charge is -2.13. The summed E-state index contributed by atoms with van der Waals surface area (Å²) in [6.07, 6.45) is -0.471. The maximum Gasteiger partial charge on any atom is 0.344 e. The Bertz CT molecular complexity index is 368. The molecule has 5 heteroatoms. The Balaban J connectivity index is 2.80. The summed E-state index contributed by atoms with van der Waals surface area (Å²) < 4.78 is 5.22. The Morgan fingerprint density at radius 2 is 2.33 bits per heavy atom. The SMILES string of the molecule is CCC(Oc1ccc(N)c(Cl)c1)C(=O)O. The lowest BCUT2D eigenvalue weighted by atomic mass is 10.2. The molecule has 0 saturated carbocycles. The van der Waals surface area contributed by atoms with Crippen LogP contribution in [0.15, 0.2) is 18.2 Å². The monoisotopic (exact) mass is 229 g/mol. The van der Waals surface area contributed by atoms with Crippen molar-refractivity contribution in [3.63, 3.8) is 0 Å². The molecular formula is C10H12ClNO3. The predicted molar refractivity (Wildman–Crippen MR) is 58.2 cm³/mol. The van der Waals surface area contributed by atoms with Gasteiger partial charge < -0.3 is 15.6 Å². The first-order chi connectivity index (χ1) is 7.04. The lowest BCUT2D eigenvalue weighted by Crippen LogP contribution is -2.25. The van der Waals surface area contributed by atoms with Gasteiger partial charge in [-0.15, -0.1) is 0 Å². The largest absolute Gasteiger partial charge is 0.479 e. The zero-order valence-electron chi connectivity index (χ0n) is 8.24. The van der Waals surface area contributed by atoms with E-state index in [9.17, 15) is 4.79 Å². The summed E-state index contributed by atoms with van der Waals surface area (Å²) >= 11 is 5.77. The van der Waals surface area contributed by atoms with Gasteiger partial charge in [-0.1, -0.05) is 18.5 Å². The van der Waals surface area contributed by atoms with Gasteiger partial charge >= 0.3 is 5.97 Å². The van der Waals surface area contributed by atoms with Crippen LogP contribution in [0.4, 0.5) is 5.69 Å². The van der Waals surface area contributed by atoms with E-state index in [2.05, 4.69) is 0 Å². The molecule has 15 heavy (non-hydrogen) atoms. The van der Waals surface area contributed by atoms with Crippen molar-refractivity contribution in [3.8, 4) is 5.75 Å². The second kappa shape index (κ2) is 4.89. The van der Waals surface area contributed by atoms with Crippen LogP contribution >= 0.6 is 11.6 Å². The molecule has 0 spiro atoms. The van der Waals surface area contributed by atoms with Crippen LogP contribution in [0.1, 0.15) is 13.3 Å². The number of carbonyl (C=O) groups is 1. The highest BCUT2D eigenvalue weighted by Crippen LogP contribution is 2.25. The number of nitrogens with two attached hydrogens (primary N) is 1. The van der Waals surface area contributed by atoms with E-state index in [1.807, 2.05) is 0 Å². The van der Waals surface area contributed by atoms with Gasteiger partial charge in [-0.3, -0.25) is 0 Å². The molecule has 1 unspecified atom stereocenters. The smallest absolute Gasteiger partial charge is 0.344 e. The second-order valence-electron chi connectivity index (χ2n) is 3.04. The standard InChI is InChI=1S/C10H12ClNO3/c1-2-9(10(13)14)15-6-3-4-8(12)7(11)5-6/h3-5,9H,2,12H2,1H3,(H,13,14). The van der Waals surface area contributed by atoms with E-state index in [1.54, 1.807) is 19.1 Å². The van der Waals surface area contributed by atoms with Crippen LogP contribution in [0.3, 0.4) is 0 Å². The van der Waals surface area contributed by atoms with Gasteiger partial charge in [0.05, 0.1) is 10.7 Å². The highest BCUT2D eigenvalue weighted by molar-refractivity contribution is 6.33. The third-order valence-corrected chi connectivity index (χ3v) is 2.22. The fourth-order valence-corrected chi connectivity index (χ4v) is 1.22. The van der Waals surface area contributed by atoms with Gasteiger partial charge in [-0.2, -0.15) is 0 Å². The van der Waals surface area contributed by atoms with E-state index in [-0.39, 0.29) is 0 Å². The number of carboxylic acid groups (broad SMARTS) is 1. The van der Waals surface area contributed by atoms with Crippen molar-refractivity contribution in [2.24, 2.45) is 0 Å². The number of halogens is 1. The Labute approximate surface area is 92.6 Å². The highest BCUT2D eigenvalue weighted by atomic mass is 35.5. The van der Waals surface area contributed by atoms with Gasteiger partial charge in [0, 0.05) is 6.07 Å². The molecule has 0 aliphatic heterocycles. The molecular weight excluding hydrogens is 218 g/mol. The molecule has 1 aromatic rings. The molecule has 0 aromatic heterocycles. The van der Waals surface area contributed by atoms with E-state index >= 15 is 0 Å². The molecule has 0 saturated heterocycles. The summed E-state index contributed by atoms with van der Waals surface area (Å²) in [5, 5.41) is 9.13. The van der Waals surface area contributed by atoms with E-state index in [4.69, 9.17) is 27.2 Å². The molecule has 0 bridgehead atoms. The van der Waals surface area contributed by atoms with Gasteiger partial charge in [-0.25, -0.2) is 4.79 Å².